The Labute approximate surface area is 318 Å². The van der Waals surface area contributed by atoms with Crippen molar-refractivity contribution in [1.29, 1.82) is 0 Å². The Morgan fingerprint density at radius 3 is 2.60 bits per heavy atom. The molecule has 9 rings (SSSR count). The van der Waals surface area contributed by atoms with Gasteiger partial charge >= 0.3 is 6.09 Å². The standard InChI is InChI=1S/C41H44FN9O4/c42-31-8-2-6-29(22-31)34-10-4-16-49(34)39-14-13-37-43-23-35(51(37)46-39)33-9-3-11-38(45-33)48-19-17-47(18-20-48)24-28-5-1-7-30(21-28)36-25-50(41(53)55-36)32-12-15-40(52)44-27-54-26-32/h1-3,5-9,11,13-14,21-23,32,34,36H,4,10,12,15-20,24-27H2,(H,44,52)/t32?,34-,36-/m1/s1. The van der Waals surface area contributed by atoms with Crippen molar-refractivity contribution in [3.63, 3.8) is 0 Å². The molecule has 3 atom stereocenters. The number of cyclic esters (lactones) is 1. The zero-order valence-corrected chi connectivity index (χ0v) is 30.6. The molecular weight excluding hydrogens is 702 g/mol. The Bertz CT molecular complexity index is 2190. The molecule has 2 aromatic carbocycles. The molecule has 2 amide bonds. The monoisotopic (exact) mass is 745 g/mol. The summed E-state index contributed by atoms with van der Waals surface area (Å²) >= 11 is 0. The molecule has 13 nitrogen and oxygen atoms in total. The van der Waals surface area contributed by atoms with E-state index in [2.05, 4.69) is 43.2 Å². The van der Waals surface area contributed by atoms with E-state index in [-0.39, 0.29) is 42.7 Å². The number of fused-ring (bicyclic) bond motifs is 1. The smallest absolute Gasteiger partial charge is 0.410 e. The van der Waals surface area contributed by atoms with Gasteiger partial charge in [-0.2, -0.15) is 0 Å². The van der Waals surface area contributed by atoms with Gasteiger partial charge in [0.25, 0.3) is 0 Å². The molecule has 4 fully saturated rings. The number of nitrogens with zero attached hydrogens (tertiary/aromatic N) is 8. The fraction of sp³-hybridized carbons (Fsp3) is 0.390. The summed E-state index contributed by atoms with van der Waals surface area (Å²) in [6.45, 7) is 6.01. The number of ether oxygens (including phenoxy) is 2. The molecule has 0 aliphatic carbocycles. The van der Waals surface area contributed by atoms with Crippen LogP contribution in [0.3, 0.4) is 0 Å². The van der Waals surface area contributed by atoms with E-state index in [4.69, 9.17) is 19.6 Å². The number of halogens is 1. The summed E-state index contributed by atoms with van der Waals surface area (Å²) in [5.74, 6) is 1.46. The number of aromatic nitrogens is 4. The lowest BCUT2D eigenvalue weighted by Gasteiger charge is -2.35. The van der Waals surface area contributed by atoms with E-state index < -0.39 is 0 Å². The lowest BCUT2D eigenvalue weighted by atomic mass is 10.0. The van der Waals surface area contributed by atoms with E-state index in [1.807, 2.05) is 53.2 Å². The van der Waals surface area contributed by atoms with Crippen molar-refractivity contribution >= 4 is 29.3 Å². The lowest BCUT2D eigenvalue weighted by molar-refractivity contribution is -0.124. The summed E-state index contributed by atoms with van der Waals surface area (Å²) in [4.78, 5) is 43.2. The third kappa shape index (κ3) is 7.43. The minimum Gasteiger partial charge on any atom is -0.439 e. The van der Waals surface area contributed by atoms with Crippen molar-refractivity contribution < 1.29 is 23.5 Å². The van der Waals surface area contributed by atoms with Crippen molar-refractivity contribution in [3.8, 4) is 11.4 Å². The predicted octanol–water partition coefficient (Wildman–Crippen LogP) is 5.34. The van der Waals surface area contributed by atoms with Crippen LogP contribution in [-0.2, 0) is 20.8 Å². The molecular formula is C41H44FN9O4. The number of anilines is 2. The topological polar surface area (TPSA) is 121 Å². The maximum absolute atomic E-state index is 14.1. The van der Waals surface area contributed by atoms with Crippen LogP contribution in [0.1, 0.15) is 54.5 Å². The van der Waals surface area contributed by atoms with Gasteiger partial charge < -0.3 is 24.6 Å². The number of piperazine rings is 1. The molecule has 0 saturated carbocycles. The average molecular weight is 746 g/mol. The van der Waals surface area contributed by atoms with E-state index in [1.54, 1.807) is 17.0 Å². The normalized spacial score (nSPS) is 22.5. The van der Waals surface area contributed by atoms with Crippen LogP contribution in [0.5, 0.6) is 0 Å². The number of pyridine rings is 1. The van der Waals surface area contributed by atoms with Crippen LogP contribution in [0.4, 0.5) is 20.8 Å². The number of carbonyl (C=O) groups is 2. The van der Waals surface area contributed by atoms with Gasteiger partial charge in [0.1, 0.15) is 36.0 Å². The first-order chi connectivity index (χ1) is 26.9. The molecule has 284 valence electrons. The Kier molecular flexibility index (Phi) is 9.75. The van der Waals surface area contributed by atoms with Gasteiger partial charge in [-0.1, -0.05) is 42.5 Å². The molecule has 0 radical (unpaired) electrons. The molecule has 0 bridgehead atoms. The SMILES string of the molecule is O=C1CCC(N2C[C@H](c3cccc(CN4CCN(c5cccc(-c6cnc7ccc(N8CCC[C@@H]8c8cccc(F)c8)nn67)n5)CC4)c3)OC2=O)COCN1. The van der Waals surface area contributed by atoms with Gasteiger partial charge in [-0.25, -0.2) is 23.7 Å². The number of amides is 2. The highest BCUT2D eigenvalue weighted by Crippen LogP contribution is 2.36. The molecule has 1 unspecified atom stereocenters. The van der Waals surface area contributed by atoms with Crippen LogP contribution in [0.25, 0.3) is 17.0 Å². The number of rotatable bonds is 8. The maximum atomic E-state index is 14.1. The van der Waals surface area contributed by atoms with Crippen LogP contribution >= 0.6 is 0 Å². The number of carbonyl (C=O) groups excluding carboxylic acids is 2. The number of hydrogen-bond donors (Lipinski definition) is 1. The first kappa shape index (κ1) is 35.1. The second-order valence-electron chi connectivity index (χ2n) is 14.7. The summed E-state index contributed by atoms with van der Waals surface area (Å²) in [6.07, 6.45) is 3.95. The van der Waals surface area contributed by atoms with Gasteiger partial charge in [0, 0.05) is 45.7 Å². The van der Waals surface area contributed by atoms with Crippen molar-refractivity contribution in [2.24, 2.45) is 0 Å². The number of hydrogen-bond acceptors (Lipinski definition) is 10. The van der Waals surface area contributed by atoms with Gasteiger partial charge in [0.15, 0.2) is 5.65 Å². The van der Waals surface area contributed by atoms with E-state index >= 15 is 0 Å². The molecule has 14 heteroatoms. The molecule has 1 N–H and O–H groups in total. The molecule has 7 heterocycles. The fourth-order valence-electron chi connectivity index (χ4n) is 8.31. The summed E-state index contributed by atoms with van der Waals surface area (Å²) < 4.78 is 27.3. The zero-order valence-electron chi connectivity index (χ0n) is 30.6. The molecule has 4 saturated heterocycles. The highest BCUT2D eigenvalue weighted by Gasteiger charge is 2.38. The van der Waals surface area contributed by atoms with Gasteiger partial charge in [0.2, 0.25) is 5.91 Å². The largest absolute Gasteiger partial charge is 0.439 e. The summed E-state index contributed by atoms with van der Waals surface area (Å²) in [5, 5.41) is 7.73. The Morgan fingerprint density at radius 2 is 1.71 bits per heavy atom. The molecule has 5 aromatic rings. The van der Waals surface area contributed by atoms with Gasteiger partial charge in [-0.05, 0) is 72.4 Å². The zero-order chi connectivity index (χ0) is 37.3. The highest BCUT2D eigenvalue weighted by molar-refractivity contribution is 5.76. The minimum atomic E-state index is -0.367. The molecule has 0 spiro atoms. The third-order valence-corrected chi connectivity index (χ3v) is 11.2. The van der Waals surface area contributed by atoms with Crippen LogP contribution in [0.2, 0.25) is 0 Å². The lowest BCUT2D eigenvalue weighted by Crippen LogP contribution is -2.46. The summed E-state index contributed by atoms with van der Waals surface area (Å²) in [6, 6.07) is 25.1. The van der Waals surface area contributed by atoms with Crippen LogP contribution < -0.4 is 15.1 Å². The van der Waals surface area contributed by atoms with E-state index in [1.165, 1.54) is 11.6 Å². The fourth-order valence-corrected chi connectivity index (χ4v) is 8.31. The van der Waals surface area contributed by atoms with Gasteiger partial charge in [0.05, 0.1) is 37.1 Å². The Balaban J connectivity index is 0.838. The first-order valence-corrected chi connectivity index (χ1v) is 19.2. The third-order valence-electron chi connectivity index (χ3n) is 11.2. The van der Waals surface area contributed by atoms with Crippen molar-refractivity contribution in [3.05, 3.63) is 108 Å². The number of imidazole rings is 1. The predicted molar refractivity (Wildman–Crippen MR) is 204 cm³/mol. The van der Waals surface area contributed by atoms with Gasteiger partial charge in [-0.15, -0.1) is 5.10 Å². The van der Waals surface area contributed by atoms with E-state index in [0.717, 1.165) is 91.9 Å². The van der Waals surface area contributed by atoms with Crippen molar-refractivity contribution in [2.45, 2.75) is 50.4 Å². The molecule has 4 aliphatic rings. The van der Waals surface area contributed by atoms with Crippen molar-refractivity contribution in [1.82, 2.24) is 34.7 Å². The average Bonchev–Trinajstić information content (AvgIpc) is 3.96. The molecule has 4 aliphatic heterocycles. The molecule has 55 heavy (non-hydrogen) atoms. The van der Waals surface area contributed by atoms with Gasteiger partial charge in [-0.3, -0.25) is 14.6 Å². The summed E-state index contributed by atoms with van der Waals surface area (Å²) in [5.41, 5.74) is 5.47. The Morgan fingerprint density at radius 1 is 0.855 bits per heavy atom. The quantitative estimate of drug-likeness (QED) is 0.223. The minimum absolute atomic E-state index is 0.0686. The van der Waals surface area contributed by atoms with Crippen molar-refractivity contribution in [2.75, 3.05) is 62.4 Å². The highest BCUT2D eigenvalue weighted by atomic mass is 19.1. The van der Waals surface area contributed by atoms with Crippen LogP contribution in [0, 0.1) is 5.82 Å². The number of benzene rings is 2. The van der Waals surface area contributed by atoms with E-state index in [9.17, 15) is 14.0 Å². The first-order valence-electron chi connectivity index (χ1n) is 19.2. The van der Waals surface area contributed by atoms with E-state index in [0.29, 0.717) is 26.0 Å². The Hall–Kier alpha value is -5.60. The summed E-state index contributed by atoms with van der Waals surface area (Å²) in [7, 11) is 0. The number of nitrogens with one attached hydrogen (secondary N) is 1. The second kappa shape index (κ2) is 15.3. The van der Waals surface area contributed by atoms with Crippen LogP contribution in [0.15, 0.2) is 85.1 Å². The second-order valence-corrected chi connectivity index (χ2v) is 14.7. The van der Waals surface area contributed by atoms with Crippen LogP contribution in [-0.4, -0.2) is 100 Å². The maximum Gasteiger partial charge on any atom is 0.410 e. The molecule has 3 aromatic heterocycles.